The molecular formula is C11H16N2O2. The molecule has 4 nitrogen and oxygen atoms in total. The van der Waals surface area contributed by atoms with Crippen LogP contribution in [0.3, 0.4) is 0 Å². The van der Waals surface area contributed by atoms with E-state index >= 15 is 0 Å². The van der Waals surface area contributed by atoms with Crippen LogP contribution in [0.25, 0.3) is 0 Å². The zero-order valence-electron chi connectivity index (χ0n) is 8.98. The van der Waals surface area contributed by atoms with Gasteiger partial charge in [-0.15, -0.1) is 0 Å². The van der Waals surface area contributed by atoms with E-state index in [1.165, 1.54) is 34.2 Å². The first-order valence-electron chi connectivity index (χ1n) is 5.45. The molecular weight excluding hydrogens is 192 g/mol. The van der Waals surface area contributed by atoms with Crippen molar-refractivity contribution in [3.63, 3.8) is 0 Å². The van der Waals surface area contributed by atoms with Crippen LogP contribution in [0, 0.1) is 5.92 Å². The molecule has 0 unspecified atom stereocenters. The Hall–Kier alpha value is -1.32. The van der Waals surface area contributed by atoms with Crippen molar-refractivity contribution in [1.82, 2.24) is 9.13 Å². The molecule has 0 amide bonds. The fourth-order valence-electron chi connectivity index (χ4n) is 2.23. The van der Waals surface area contributed by atoms with Gasteiger partial charge in [-0.25, -0.2) is 4.79 Å². The topological polar surface area (TPSA) is 44.0 Å². The lowest BCUT2D eigenvalue weighted by Gasteiger charge is -2.11. The molecule has 0 bridgehead atoms. The number of nitrogens with zero attached hydrogens (tertiary/aromatic N) is 2. The summed E-state index contributed by atoms with van der Waals surface area (Å²) in [6, 6.07) is 1.45. The summed E-state index contributed by atoms with van der Waals surface area (Å²) in [5.41, 5.74) is -0.376. The van der Waals surface area contributed by atoms with Crippen LogP contribution < -0.4 is 11.2 Å². The summed E-state index contributed by atoms with van der Waals surface area (Å²) >= 11 is 0. The highest BCUT2D eigenvalue weighted by Crippen LogP contribution is 2.25. The Balaban J connectivity index is 2.30. The maximum absolute atomic E-state index is 11.7. The molecule has 0 saturated heterocycles. The van der Waals surface area contributed by atoms with E-state index in [0.717, 1.165) is 12.8 Å². The standard InChI is InChI=1S/C11H16N2O2/c1-12-7-6-10(14)13(11(12)15)8-9-4-2-3-5-9/h6-7,9H,2-5,8H2,1H3. The fraction of sp³-hybridized carbons (Fsp3) is 0.636. The van der Waals surface area contributed by atoms with Gasteiger partial charge in [0, 0.05) is 25.9 Å². The zero-order chi connectivity index (χ0) is 10.8. The molecule has 0 N–H and O–H groups in total. The normalized spacial score (nSPS) is 17.1. The summed E-state index contributed by atoms with van der Waals surface area (Å²) in [6.45, 7) is 0.590. The van der Waals surface area contributed by atoms with Gasteiger partial charge in [0.25, 0.3) is 5.56 Å². The Morgan fingerprint density at radius 1 is 1.33 bits per heavy atom. The third-order valence-electron chi connectivity index (χ3n) is 3.15. The van der Waals surface area contributed by atoms with Gasteiger partial charge in [0.05, 0.1) is 0 Å². The Morgan fingerprint density at radius 2 is 2.00 bits per heavy atom. The van der Waals surface area contributed by atoms with E-state index in [4.69, 9.17) is 0 Å². The van der Waals surface area contributed by atoms with Crippen molar-refractivity contribution >= 4 is 0 Å². The molecule has 4 heteroatoms. The third-order valence-corrected chi connectivity index (χ3v) is 3.15. The molecule has 1 aromatic rings. The molecule has 0 atom stereocenters. The average Bonchev–Trinajstić information content (AvgIpc) is 2.71. The van der Waals surface area contributed by atoms with Crippen LogP contribution in [0.2, 0.25) is 0 Å². The average molecular weight is 208 g/mol. The summed E-state index contributed by atoms with van der Waals surface area (Å²) in [4.78, 5) is 23.2. The van der Waals surface area contributed by atoms with Crippen LogP contribution in [-0.4, -0.2) is 9.13 Å². The molecule has 2 rings (SSSR count). The number of aryl methyl sites for hydroxylation is 1. The van der Waals surface area contributed by atoms with Crippen molar-refractivity contribution in [1.29, 1.82) is 0 Å². The second-order valence-corrected chi connectivity index (χ2v) is 4.31. The Kier molecular flexibility index (Phi) is 2.75. The molecule has 15 heavy (non-hydrogen) atoms. The van der Waals surface area contributed by atoms with Crippen LogP contribution in [0.4, 0.5) is 0 Å². The number of hydrogen-bond donors (Lipinski definition) is 0. The molecule has 0 spiro atoms. The van der Waals surface area contributed by atoms with E-state index < -0.39 is 0 Å². The molecule has 1 aliphatic carbocycles. The van der Waals surface area contributed by atoms with Gasteiger partial charge in [0.15, 0.2) is 0 Å². The Bertz CT molecular complexity index is 452. The molecule has 1 heterocycles. The molecule has 1 fully saturated rings. The highest BCUT2D eigenvalue weighted by molar-refractivity contribution is 4.86. The highest BCUT2D eigenvalue weighted by Gasteiger charge is 2.17. The van der Waals surface area contributed by atoms with Gasteiger partial charge >= 0.3 is 5.69 Å². The number of rotatable bonds is 2. The van der Waals surface area contributed by atoms with Crippen molar-refractivity contribution in [3.8, 4) is 0 Å². The lowest BCUT2D eigenvalue weighted by Crippen LogP contribution is -2.39. The summed E-state index contributed by atoms with van der Waals surface area (Å²) < 4.78 is 2.81. The smallest absolute Gasteiger partial charge is 0.303 e. The number of hydrogen-bond acceptors (Lipinski definition) is 2. The van der Waals surface area contributed by atoms with Crippen molar-refractivity contribution < 1.29 is 0 Å². The van der Waals surface area contributed by atoms with E-state index in [1.807, 2.05) is 0 Å². The summed E-state index contributed by atoms with van der Waals surface area (Å²) in [5.74, 6) is 0.512. The Morgan fingerprint density at radius 3 is 2.67 bits per heavy atom. The second-order valence-electron chi connectivity index (χ2n) is 4.31. The van der Waals surface area contributed by atoms with Gasteiger partial charge in [0.1, 0.15) is 0 Å². The van der Waals surface area contributed by atoms with Crippen LogP contribution in [0.1, 0.15) is 25.7 Å². The molecule has 0 radical (unpaired) electrons. The second kappa shape index (κ2) is 4.04. The first-order chi connectivity index (χ1) is 7.18. The quantitative estimate of drug-likeness (QED) is 0.719. The van der Waals surface area contributed by atoms with E-state index in [1.54, 1.807) is 7.05 Å². The van der Waals surface area contributed by atoms with E-state index in [0.29, 0.717) is 12.5 Å². The van der Waals surface area contributed by atoms with Crippen molar-refractivity contribution in [2.75, 3.05) is 0 Å². The fourth-order valence-corrected chi connectivity index (χ4v) is 2.23. The van der Waals surface area contributed by atoms with Crippen LogP contribution in [-0.2, 0) is 13.6 Å². The Labute approximate surface area is 88.2 Å². The largest absolute Gasteiger partial charge is 0.330 e. The predicted octanol–water partition coefficient (Wildman–Crippen LogP) is 0.737. The third kappa shape index (κ3) is 2.03. The molecule has 82 valence electrons. The molecule has 0 aromatic carbocycles. The van der Waals surface area contributed by atoms with Crippen molar-refractivity contribution in [3.05, 3.63) is 33.1 Å². The minimum Gasteiger partial charge on any atom is -0.303 e. The first-order valence-corrected chi connectivity index (χ1v) is 5.45. The summed E-state index contributed by atoms with van der Waals surface area (Å²) in [7, 11) is 1.67. The lowest BCUT2D eigenvalue weighted by molar-refractivity contribution is 0.428. The molecule has 0 aliphatic heterocycles. The van der Waals surface area contributed by atoms with Gasteiger partial charge < -0.3 is 4.57 Å². The van der Waals surface area contributed by atoms with Crippen molar-refractivity contribution in [2.45, 2.75) is 32.2 Å². The van der Waals surface area contributed by atoms with Crippen LogP contribution >= 0.6 is 0 Å². The van der Waals surface area contributed by atoms with Gasteiger partial charge in [-0.2, -0.15) is 0 Å². The molecule has 1 aromatic heterocycles. The van der Waals surface area contributed by atoms with Gasteiger partial charge in [0.2, 0.25) is 0 Å². The van der Waals surface area contributed by atoms with Gasteiger partial charge in [-0.05, 0) is 18.8 Å². The van der Waals surface area contributed by atoms with Gasteiger partial charge in [-0.3, -0.25) is 9.36 Å². The first kappa shape index (κ1) is 10.2. The van der Waals surface area contributed by atoms with Crippen molar-refractivity contribution in [2.24, 2.45) is 13.0 Å². The van der Waals surface area contributed by atoms with E-state index in [-0.39, 0.29) is 11.2 Å². The monoisotopic (exact) mass is 208 g/mol. The van der Waals surface area contributed by atoms with E-state index in [9.17, 15) is 9.59 Å². The lowest BCUT2D eigenvalue weighted by atomic mass is 10.1. The predicted molar refractivity (Wildman–Crippen MR) is 57.9 cm³/mol. The minimum absolute atomic E-state index is 0.176. The maximum Gasteiger partial charge on any atom is 0.330 e. The molecule has 1 aliphatic rings. The van der Waals surface area contributed by atoms with E-state index in [2.05, 4.69) is 0 Å². The van der Waals surface area contributed by atoms with Crippen LogP contribution in [0.5, 0.6) is 0 Å². The summed E-state index contributed by atoms with van der Waals surface area (Å²) in [6.07, 6.45) is 6.27. The molecule has 1 saturated carbocycles. The van der Waals surface area contributed by atoms with Gasteiger partial charge in [-0.1, -0.05) is 12.8 Å². The minimum atomic E-state index is -0.200. The SMILES string of the molecule is Cn1ccc(=O)n(CC2CCCC2)c1=O. The number of aromatic nitrogens is 2. The zero-order valence-corrected chi connectivity index (χ0v) is 8.98. The maximum atomic E-state index is 11.7. The van der Waals surface area contributed by atoms with Crippen LogP contribution in [0.15, 0.2) is 21.9 Å². The summed E-state index contributed by atoms with van der Waals surface area (Å²) in [5, 5.41) is 0. The highest BCUT2D eigenvalue weighted by atomic mass is 16.2.